The van der Waals surface area contributed by atoms with Gasteiger partial charge >= 0.3 is 0 Å². The van der Waals surface area contributed by atoms with Crippen molar-refractivity contribution >= 4 is 22.3 Å². The lowest BCUT2D eigenvalue weighted by Crippen LogP contribution is -2.44. The number of hydrogen-bond donors (Lipinski definition) is 1. The lowest BCUT2D eigenvalue weighted by Gasteiger charge is -2.34. The minimum Gasteiger partial charge on any atom is -0.496 e. The molecule has 2 heterocycles. The van der Waals surface area contributed by atoms with E-state index < -0.39 is 0 Å². The van der Waals surface area contributed by atoms with Gasteiger partial charge in [0, 0.05) is 43.4 Å². The second-order valence-corrected chi connectivity index (χ2v) is 5.20. The largest absolute Gasteiger partial charge is 0.496 e. The molecule has 106 valence electrons. The maximum absolute atomic E-state index is 6.18. The predicted octanol–water partition coefficient (Wildman–Crippen LogP) is 1.58. The first-order valence-corrected chi connectivity index (χ1v) is 6.85. The van der Waals surface area contributed by atoms with Crippen molar-refractivity contribution in [1.82, 2.24) is 9.88 Å². The molecule has 1 saturated heterocycles. The summed E-state index contributed by atoms with van der Waals surface area (Å²) in [5.74, 6) is 1.80. The highest BCUT2D eigenvalue weighted by Gasteiger charge is 2.19. The average molecular weight is 272 g/mol. The van der Waals surface area contributed by atoms with Crippen LogP contribution in [0.2, 0.25) is 0 Å². The predicted molar refractivity (Wildman–Crippen MR) is 82.4 cm³/mol. The lowest BCUT2D eigenvalue weighted by atomic mass is 10.1. The standard InChI is InChI=1S/C15H20N4O/c1-18-7-9-19(10-8-18)15-14-11(5-6-17-15)13(20-2)4-3-12(14)16/h3-6H,7-10,16H2,1-2H3. The van der Waals surface area contributed by atoms with E-state index in [0.717, 1.165) is 54.2 Å². The molecule has 20 heavy (non-hydrogen) atoms. The van der Waals surface area contributed by atoms with Gasteiger partial charge in [0.05, 0.1) is 12.5 Å². The third-order valence-corrected chi connectivity index (χ3v) is 3.92. The number of piperazine rings is 1. The highest BCUT2D eigenvalue weighted by molar-refractivity contribution is 6.04. The number of rotatable bonds is 2. The molecule has 0 bridgehead atoms. The molecule has 1 fully saturated rings. The molecule has 5 nitrogen and oxygen atoms in total. The number of ether oxygens (including phenoxy) is 1. The molecule has 0 atom stereocenters. The maximum atomic E-state index is 6.18. The number of fused-ring (bicyclic) bond motifs is 1. The summed E-state index contributed by atoms with van der Waals surface area (Å²) >= 11 is 0. The van der Waals surface area contributed by atoms with Crippen LogP contribution >= 0.6 is 0 Å². The fraction of sp³-hybridized carbons (Fsp3) is 0.400. The van der Waals surface area contributed by atoms with Crippen LogP contribution in [0, 0.1) is 0 Å². The zero-order valence-corrected chi connectivity index (χ0v) is 12.0. The number of pyridine rings is 1. The summed E-state index contributed by atoms with van der Waals surface area (Å²) in [5, 5.41) is 2.02. The van der Waals surface area contributed by atoms with Crippen LogP contribution in [0.3, 0.4) is 0 Å². The SMILES string of the molecule is COc1ccc(N)c2c(N3CCN(C)CC3)nccc12. The van der Waals surface area contributed by atoms with Gasteiger partial charge in [-0.1, -0.05) is 0 Å². The van der Waals surface area contributed by atoms with E-state index in [1.807, 2.05) is 24.4 Å². The van der Waals surface area contributed by atoms with Crippen molar-refractivity contribution in [3.8, 4) is 5.75 Å². The van der Waals surface area contributed by atoms with Gasteiger partial charge in [0.25, 0.3) is 0 Å². The van der Waals surface area contributed by atoms with Gasteiger partial charge in [-0.25, -0.2) is 4.98 Å². The second kappa shape index (κ2) is 5.17. The van der Waals surface area contributed by atoms with E-state index in [9.17, 15) is 0 Å². The van der Waals surface area contributed by atoms with Crippen LogP contribution in [-0.4, -0.2) is 50.2 Å². The minimum absolute atomic E-state index is 0.753. The molecule has 1 aromatic carbocycles. The third-order valence-electron chi connectivity index (χ3n) is 3.92. The Morgan fingerprint density at radius 3 is 2.60 bits per heavy atom. The van der Waals surface area contributed by atoms with Crippen molar-refractivity contribution in [2.75, 3.05) is 51.0 Å². The van der Waals surface area contributed by atoms with E-state index in [1.54, 1.807) is 7.11 Å². The van der Waals surface area contributed by atoms with Gasteiger partial charge in [0.15, 0.2) is 0 Å². The van der Waals surface area contributed by atoms with Crippen LogP contribution in [0.1, 0.15) is 0 Å². The van der Waals surface area contributed by atoms with Gasteiger partial charge in [-0.05, 0) is 25.2 Å². The molecule has 2 aromatic rings. The Morgan fingerprint density at radius 2 is 1.90 bits per heavy atom. The van der Waals surface area contributed by atoms with Gasteiger partial charge < -0.3 is 20.3 Å². The topological polar surface area (TPSA) is 54.6 Å². The molecule has 0 spiro atoms. The monoisotopic (exact) mass is 272 g/mol. The van der Waals surface area contributed by atoms with Gasteiger partial charge in [0.2, 0.25) is 0 Å². The summed E-state index contributed by atoms with van der Waals surface area (Å²) in [5.41, 5.74) is 6.93. The summed E-state index contributed by atoms with van der Waals surface area (Å²) in [6.45, 7) is 4.03. The molecule has 2 N–H and O–H groups in total. The second-order valence-electron chi connectivity index (χ2n) is 5.20. The summed E-state index contributed by atoms with van der Waals surface area (Å²) < 4.78 is 5.43. The number of likely N-dealkylation sites (N-methyl/N-ethyl adjacent to an activating group) is 1. The van der Waals surface area contributed by atoms with Gasteiger partial charge in [-0.2, -0.15) is 0 Å². The van der Waals surface area contributed by atoms with Gasteiger partial charge in [-0.15, -0.1) is 0 Å². The highest BCUT2D eigenvalue weighted by atomic mass is 16.5. The van der Waals surface area contributed by atoms with E-state index in [-0.39, 0.29) is 0 Å². The number of nitrogens with zero attached hydrogens (tertiary/aromatic N) is 3. The molecule has 3 rings (SSSR count). The Kier molecular flexibility index (Phi) is 3.36. The number of methoxy groups -OCH3 is 1. The van der Waals surface area contributed by atoms with Crippen LogP contribution in [0.15, 0.2) is 24.4 Å². The van der Waals surface area contributed by atoms with E-state index in [2.05, 4.69) is 21.8 Å². The molecule has 0 radical (unpaired) electrons. The van der Waals surface area contributed by atoms with Crippen molar-refractivity contribution in [3.63, 3.8) is 0 Å². The molecule has 0 saturated carbocycles. The number of anilines is 2. The highest BCUT2D eigenvalue weighted by Crippen LogP contribution is 2.35. The summed E-state index contributed by atoms with van der Waals surface area (Å²) in [4.78, 5) is 9.19. The Bertz CT molecular complexity index is 621. The lowest BCUT2D eigenvalue weighted by molar-refractivity contribution is 0.312. The molecule has 1 aliphatic rings. The minimum atomic E-state index is 0.753. The molecule has 0 amide bonds. The van der Waals surface area contributed by atoms with E-state index in [4.69, 9.17) is 10.5 Å². The number of benzene rings is 1. The smallest absolute Gasteiger partial charge is 0.138 e. The number of aromatic nitrogens is 1. The van der Waals surface area contributed by atoms with E-state index in [1.165, 1.54) is 0 Å². The first-order chi connectivity index (χ1) is 9.70. The first-order valence-electron chi connectivity index (χ1n) is 6.85. The van der Waals surface area contributed by atoms with Crippen LogP contribution in [0.25, 0.3) is 10.8 Å². The van der Waals surface area contributed by atoms with Crippen molar-refractivity contribution < 1.29 is 4.74 Å². The van der Waals surface area contributed by atoms with Crippen molar-refractivity contribution in [3.05, 3.63) is 24.4 Å². The summed E-state index contributed by atoms with van der Waals surface area (Å²) in [6, 6.07) is 5.76. The van der Waals surface area contributed by atoms with Crippen LogP contribution in [0.4, 0.5) is 11.5 Å². The molecule has 1 aliphatic heterocycles. The first kappa shape index (κ1) is 13.0. The third kappa shape index (κ3) is 2.14. The molecule has 0 aliphatic carbocycles. The van der Waals surface area contributed by atoms with Crippen molar-refractivity contribution in [2.24, 2.45) is 0 Å². The van der Waals surface area contributed by atoms with Gasteiger partial charge in [-0.3, -0.25) is 0 Å². The quantitative estimate of drug-likeness (QED) is 0.841. The zero-order chi connectivity index (χ0) is 14.1. The van der Waals surface area contributed by atoms with Crippen LogP contribution in [0.5, 0.6) is 5.75 Å². The Labute approximate surface area is 118 Å². The fourth-order valence-electron chi connectivity index (χ4n) is 2.72. The summed E-state index contributed by atoms with van der Waals surface area (Å²) in [6.07, 6.45) is 1.83. The normalized spacial score (nSPS) is 16.6. The molecular weight excluding hydrogens is 252 g/mol. The average Bonchev–Trinajstić information content (AvgIpc) is 2.48. The molecule has 1 aromatic heterocycles. The fourth-order valence-corrected chi connectivity index (χ4v) is 2.72. The Morgan fingerprint density at radius 1 is 1.15 bits per heavy atom. The number of nitrogen functional groups attached to an aromatic ring is 1. The maximum Gasteiger partial charge on any atom is 0.138 e. The molecular formula is C15H20N4O. The number of nitrogens with two attached hydrogens (primary N) is 1. The Balaban J connectivity index is 2.11. The van der Waals surface area contributed by atoms with Gasteiger partial charge in [0.1, 0.15) is 11.6 Å². The Hall–Kier alpha value is -2.01. The number of hydrogen-bond acceptors (Lipinski definition) is 5. The zero-order valence-electron chi connectivity index (χ0n) is 12.0. The van der Waals surface area contributed by atoms with Crippen molar-refractivity contribution in [1.29, 1.82) is 0 Å². The molecule has 5 heteroatoms. The van der Waals surface area contributed by atoms with E-state index >= 15 is 0 Å². The summed E-state index contributed by atoms with van der Waals surface area (Å²) in [7, 11) is 3.83. The van der Waals surface area contributed by atoms with Crippen LogP contribution < -0.4 is 15.4 Å². The van der Waals surface area contributed by atoms with Crippen LogP contribution in [-0.2, 0) is 0 Å². The van der Waals surface area contributed by atoms with E-state index in [0.29, 0.717) is 0 Å². The molecule has 0 unspecified atom stereocenters. The van der Waals surface area contributed by atoms with Crippen molar-refractivity contribution in [2.45, 2.75) is 0 Å².